The molecule has 2 aliphatic rings. The third-order valence-corrected chi connectivity index (χ3v) is 3.29. The van der Waals surface area contributed by atoms with Crippen LogP contribution in [0.25, 0.3) is 0 Å². The van der Waals surface area contributed by atoms with Gasteiger partial charge in [0.2, 0.25) is 0 Å². The largest absolute Gasteiger partial charge is 0.324 e. The molecule has 0 amide bonds. The van der Waals surface area contributed by atoms with Crippen LogP contribution < -0.4 is 11.1 Å². The number of alkyl halides is 2. The highest BCUT2D eigenvalue weighted by Crippen LogP contribution is 2.49. The first-order valence-electron chi connectivity index (χ1n) is 4.89. The first-order valence-corrected chi connectivity index (χ1v) is 4.89. The molecule has 2 fully saturated rings. The van der Waals surface area contributed by atoms with Gasteiger partial charge in [-0.05, 0) is 31.8 Å². The molecule has 1 saturated carbocycles. The molecule has 0 spiro atoms. The average Bonchev–Trinajstić information content (AvgIpc) is 2.02. The van der Waals surface area contributed by atoms with Gasteiger partial charge in [0, 0.05) is 18.4 Å². The molecule has 4 heteroatoms. The Morgan fingerprint density at radius 3 is 2.46 bits per heavy atom. The van der Waals surface area contributed by atoms with Crippen molar-refractivity contribution in [3.05, 3.63) is 0 Å². The molecule has 0 aromatic heterocycles. The Morgan fingerprint density at radius 2 is 2.00 bits per heavy atom. The summed E-state index contributed by atoms with van der Waals surface area (Å²) in [4.78, 5) is 0. The Morgan fingerprint density at radius 1 is 1.31 bits per heavy atom. The zero-order chi connectivity index (χ0) is 9.53. The smallest absolute Gasteiger partial charge is 0.251 e. The van der Waals surface area contributed by atoms with Crippen LogP contribution >= 0.6 is 0 Å². The molecule has 1 aliphatic carbocycles. The van der Waals surface area contributed by atoms with Gasteiger partial charge in [0.15, 0.2) is 0 Å². The van der Waals surface area contributed by atoms with Crippen LogP contribution in [0.15, 0.2) is 0 Å². The summed E-state index contributed by atoms with van der Waals surface area (Å²) in [6.07, 6.45) is 1.83. The molecule has 0 bridgehead atoms. The highest BCUT2D eigenvalue weighted by molar-refractivity contribution is 5.08. The number of halogens is 2. The van der Waals surface area contributed by atoms with E-state index < -0.39 is 11.5 Å². The van der Waals surface area contributed by atoms with Crippen LogP contribution in [-0.4, -0.2) is 24.6 Å². The fourth-order valence-electron chi connectivity index (χ4n) is 2.54. The molecule has 1 heterocycles. The predicted octanol–water partition coefficient (Wildman–Crippen LogP) is 1.11. The van der Waals surface area contributed by atoms with Crippen LogP contribution in [-0.2, 0) is 0 Å². The van der Waals surface area contributed by atoms with Crippen molar-refractivity contribution < 1.29 is 8.78 Å². The minimum atomic E-state index is -2.49. The Hall–Kier alpha value is -0.220. The van der Waals surface area contributed by atoms with E-state index in [0.717, 1.165) is 25.9 Å². The van der Waals surface area contributed by atoms with Gasteiger partial charge in [-0.25, -0.2) is 8.78 Å². The summed E-state index contributed by atoms with van der Waals surface area (Å²) in [5.41, 5.74) is 5.35. The first-order chi connectivity index (χ1) is 6.02. The van der Waals surface area contributed by atoms with E-state index in [-0.39, 0.29) is 18.8 Å². The normalized spacial score (nSPS) is 36.7. The summed E-state index contributed by atoms with van der Waals surface area (Å²) in [7, 11) is 0. The van der Waals surface area contributed by atoms with Crippen LogP contribution in [0, 0.1) is 5.92 Å². The summed E-state index contributed by atoms with van der Waals surface area (Å²) in [5.74, 6) is -2.24. The second-order valence-electron chi connectivity index (χ2n) is 4.49. The minimum absolute atomic E-state index is 0.119. The number of rotatable bonds is 1. The van der Waals surface area contributed by atoms with Crippen molar-refractivity contribution in [1.29, 1.82) is 0 Å². The SMILES string of the molecule is NC1(C2CCCNC2)CC(F)(F)C1. The van der Waals surface area contributed by atoms with E-state index in [1.807, 2.05) is 0 Å². The maximum Gasteiger partial charge on any atom is 0.251 e. The monoisotopic (exact) mass is 190 g/mol. The Kier molecular flexibility index (Phi) is 2.07. The molecule has 0 aromatic carbocycles. The van der Waals surface area contributed by atoms with Crippen LogP contribution in [0.1, 0.15) is 25.7 Å². The minimum Gasteiger partial charge on any atom is -0.324 e. The summed E-state index contributed by atoms with van der Waals surface area (Å²) in [6, 6.07) is 0. The summed E-state index contributed by atoms with van der Waals surface area (Å²) >= 11 is 0. The standard InChI is InChI=1S/C9H16F2N2/c10-9(11)5-8(12,6-9)7-2-1-3-13-4-7/h7,13H,1-6,12H2. The highest BCUT2D eigenvalue weighted by atomic mass is 19.3. The molecule has 13 heavy (non-hydrogen) atoms. The summed E-state index contributed by atoms with van der Waals surface area (Å²) < 4.78 is 25.4. The lowest BCUT2D eigenvalue weighted by molar-refractivity contribution is -0.141. The maximum atomic E-state index is 12.7. The molecule has 2 nitrogen and oxygen atoms in total. The van der Waals surface area contributed by atoms with Crippen molar-refractivity contribution >= 4 is 0 Å². The molecule has 0 radical (unpaired) electrons. The van der Waals surface area contributed by atoms with Gasteiger partial charge in [0.1, 0.15) is 0 Å². The number of hydrogen-bond donors (Lipinski definition) is 2. The maximum absolute atomic E-state index is 12.7. The van der Waals surface area contributed by atoms with Crippen molar-refractivity contribution in [2.45, 2.75) is 37.1 Å². The van der Waals surface area contributed by atoms with Gasteiger partial charge in [0.25, 0.3) is 5.92 Å². The van der Waals surface area contributed by atoms with Gasteiger partial charge < -0.3 is 11.1 Å². The molecular weight excluding hydrogens is 174 g/mol. The zero-order valence-electron chi connectivity index (χ0n) is 7.65. The van der Waals surface area contributed by atoms with E-state index in [0.29, 0.717) is 0 Å². The topological polar surface area (TPSA) is 38.0 Å². The third kappa shape index (κ3) is 1.70. The molecule has 1 saturated heterocycles. The molecule has 1 unspecified atom stereocenters. The number of nitrogens with two attached hydrogens (primary N) is 1. The van der Waals surface area contributed by atoms with Crippen molar-refractivity contribution in [2.75, 3.05) is 13.1 Å². The fraction of sp³-hybridized carbons (Fsp3) is 1.00. The highest BCUT2D eigenvalue weighted by Gasteiger charge is 2.57. The van der Waals surface area contributed by atoms with Crippen LogP contribution in [0.5, 0.6) is 0 Å². The second-order valence-corrected chi connectivity index (χ2v) is 4.49. The van der Waals surface area contributed by atoms with E-state index in [1.54, 1.807) is 0 Å². The lowest BCUT2D eigenvalue weighted by Gasteiger charge is -2.50. The number of piperidine rings is 1. The van der Waals surface area contributed by atoms with Gasteiger partial charge >= 0.3 is 0 Å². The number of nitrogens with one attached hydrogen (secondary N) is 1. The fourth-order valence-corrected chi connectivity index (χ4v) is 2.54. The van der Waals surface area contributed by atoms with E-state index in [1.165, 1.54) is 0 Å². The van der Waals surface area contributed by atoms with Crippen molar-refractivity contribution in [2.24, 2.45) is 11.7 Å². The molecule has 76 valence electrons. The average molecular weight is 190 g/mol. The van der Waals surface area contributed by atoms with Crippen molar-refractivity contribution in [3.63, 3.8) is 0 Å². The van der Waals surface area contributed by atoms with Crippen molar-refractivity contribution in [1.82, 2.24) is 5.32 Å². The Bertz CT molecular complexity index is 192. The molecule has 1 atom stereocenters. The van der Waals surface area contributed by atoms with E-state index in [4.69, 9.17) is 5.73 Å². The Balaban J connectivity index is 1.93. The second kappa shape index (κ2) is 2.89. The lowest BCUT2D eigenvalue weighted by Crippen LogP contribution is -2.64. The summed E-state index contributed by atoms with van der Waals surface area (Å²) in [5, 5.41) is 3.21. The van der Waals surface area contributed by atoms with E-state index >= 15 is 0 Å². The van der Waals surface area contributed by atoms with Gasteiger partial charge in [-0.3, -0.25) is 0 Å². The quantitative estimate of drug-likeness (QED) is 0.650. The van der Waals surface area contributed by atoms with Crippen LogP contribution in [0.4, 0.5) is 8.78 Å². The molecule has 3 N–H and O–H groups in total. The van der Waals surface area contributed by atoms with Gasteiger partial charge in [0.05, 0.1) is 0 Å². The van der Waals surface area contributed by atoms with Gasteiger partial charge in [-0.2, -0.15) is 0 Å². The lowest BCUT2D eigenvalue weighted by atomic mass is 9.64. The third-order valence-electron chi connectivity index (χ3n) is 3.29. The predicted molar refractivity (Wildman–Crippen MR) is 46.7 cm³/mol. The van der Waals surface area contributed by atoms with Crippen molar-refractivity contribution in [3.8, 4) is 0 Å². The first kappa shape index (κ1) is 9.34. The van der Waals surface area contributed by atoms with Crippen LogP contribution in [0.3, 0.4) is 0 Å². The van der Waals surface area contributed by atoms with Gasteiger partial charge in [-0.1, -0.05) is 0 Å². The molecular formula is C9H16F2N2. The number of hydrogen-bond acceptors (Lipinski definition) is 2. The van der Waals surface area contributed by atoms with Gasteiger partial charge in [-0.15, -0.1) is 0 Å². The molecule has 1 aliphatic heterocycles. The van der Waals surface area contributed by atoms with E-state index in [9.17, 15) is 8.78 Å². The molecule has 2 rings (SSSR count). The van der Waals surface area contributed by atoms with Crippen LogP contribution in [0.2, 0.25) is 0 Å². The molecule has 0 aromatic rings. The zero-order valence-corrected chi connectivity index (χ0v) is 7.65. The summed E-state index contributed by atoms with van der Waals surface area (Å²) in [6.45, 7) is 1.82. The van der Waals surface area contributed by atoms with E-state index in [2.05, 4.69) is 5.32 Å². The Labute approximate surface area is 76.9 Å².